The molecule has 146 valence electrons. The molecule has 2 N–H and O–H groups in total. The molecule has 0 spiro atoms. The van der Waals surface area contributed by atoms with E-state index in [9.17, 15) is 0 Å². The van der Waals surface area contributed by atoms with Crippen LogP contribution >= 0.6 is 0 Å². The molecule has 1 aromatic heterocycles. The normalized spacial score (nSPS) is 11.3. The second-order valence-corrected chi connectivity index (χ2v) is 6.57. The lowest BCUT2D eigenvalue weighted by Crippen LogP contribution is -2.36. The second-order valence-electron chi connectivity index (χ2n) is 6.57. The predicted octanol–water partition coefficient (Wildman–Crippen LogP) is 3.11. The van der Waals surface area contributed by atoms with Crippen LogP contribution in [0.4, 0.5) is 0 Å². The molecule has 0 saturated carbocycles. The molecule has 0 fully saturated rings. The zero-order valence-electron chi connectivity index (χ0n) is 16.6. The van der Waals surface area contributed by atoms with Gasteiger partial charge in [-0.1, -0.05) is 36.4 Å². The smallest absolute Gasteiger partial charge is 0.191 e. The molecule has 0 saturated heterocycles. The van der Waals surface area contributed by atoms with Gasteiger partial charge >= 0.3 is 0 Å². The Labute approximate surface area is 166 Å². The van der Waals surface area contributed by atoms with Crippen LogP contribution in [0.5, 0.6) is 5.75 Å². The van der Waals surface area contributed by atoms with Gasteiger partial charge in [0, 0.05) is 38.1 Å². The lowest BCUT2D eigenvalue weighted by atomic mass is 10.1. The quantitative estimate of drug-likeness (QED) is 0.491. The highest BCUT2D eigenvalue weighted by Gasteiger charge is 2.07. The Bertz CT molecular complexity index is 918. The minimum atomic E-state index is 0.637. The van der Waals surface area contributed by atoms with Crippen LogP contribution < -0.4 is 15.4 Å². The summed E-state index contributed by atoms with van der Waals surface area (Å²) in [7, 11) is 3.47. The van der Waals surface area contributed by atoms with E-state index in [1.54, 1.807) is 20.4 Å². The van der Waals surface area contributed by atoms with Gasteiger partial charge in [0.05, 0.1) is 13.7 Å². The molecule has 2 aromatic carbocycles. The first-order chi connectivity index (χ1) is 13.7. The zero-order valence-corrected chi connectivity index (χ0v) is 16.6. The number of hydrogen-bond acceptors (Lipinski definition) is 3. The van der Waals surface area contributed by atoms with Crippen molar-refractivity contribution < 1.29 is 4.74 Å². The summed E-state index contributed by atoms with van der Waals surface area (Å²) in [6.45, 7) is 4.12. The highest BCUT2D eigenvalue weighted by molar-refractivity contribution is 5.79. The number of hydrogen-bond donors (Lipinski definition) is 2. The van der Waals surface area contributed by atoms with Gasteiger partial charge in [0.1, 0.15) is 5.75 Å². The van der Waals surface area contributed by atoms with Crippen molar-refractivity contribution in [2.75, 3.05) is 14.2 Å². The minimum absolute atomic E-state index is 0.637. The Morgan fingerprint density at radius 3 is 2.46 bits per heavy atom. The van der Waals surface area contributed by atoms with Crippen LogP contribution in [-0.2, 0) is 19.6 Å². The maximum Gasteiger partial charge on any atom is 0.191 e. The fraction of sp³-hybridized carbons (Fsp3) is 0.273. The molecule has 6 nitrogen and oxygen atoms in total. The molecular formula is C22H27N5O. The third-order valence-corrected chi connectivity index (χ3v) is 4.57. The molecule has 28 heavy (non-hydrogen) atoms. The van der Waals surface area contributed by atoms with Gasteiger partial charge in [-0.25, -0.2) is 0 Å². The van der Waals surface area contributed by atoms with Crippen LogP contribution in [0.25, 0.3) is 0 Å². The number of benzene rings is 2. The van der Waals surface area contributed by atoms with Crippen molar-refractivity contribution in [3.63, 3.8) is 0 Å². The predicted molar refractivity (Wildman–Crippen MR) is 113 cm³/mol. The lowest BCUT2D eigenvalue weighted by Gasteiger charge is -2.16. The lowest BCUT2D eigenvalue weighted by molar-refractivity contribution is 0.408. The van der Waals surface area contributed by atoms with E-state index in [0.717, 1.165) is 23.8 Å². The first kappa shape index (κ1) is 19.5. The average molecular weight is 377 g/mol. The maximum atomic E-state index is 5.48. The maximum absolute atomic E-state index is 5.48. The zero-order chi connectivity index (χ0) is 19.8. The second kappa shape index (κ2) is 9.60. The van der Waals surface area contributed by atoms with Crippen molar-refractivity contribution >= 4 is 5.96 Å². The van der Waals surface area contributed by atoms with Gasteiger partial charge < -0.3 is 15.4 Å². The monoisotopic (exact) mass is 377 g/mol. The molecule has 0 radical (unpaired) electrons. The third-order valence-electron chi connectivity index (χ3n) is 4.57. The fourth-order valence-corrected chi connectivity index (χ4v) is 3.03. The van der Waals surface area contributed by atoms with Crippen LogP contribution in [-0.4, -0.2) is 29.9 Å². The van der Waals surface area contributed by atoms with Crippen LogP contribution in [0.1, 0.15) is 22.3 Å². The molecular weight excluding hydrogens is 350 g/mol. The minimum Gasteiger partial charge on any atom is -0.496 e. The van der Waals surface area contributed by atoms with E-state index in [-0.39, 0.29) is 0 Å². The van der Waals surface area contributed by atoms with Crippen molar-refractivity contribution in [3.05, 3.63) is 83.2 Å². The molecule has 3 aromatic rings. The van der Waals surface area contributed by atoms with Gasteiger partial charge in [-0.3, -0.25) is 9.67 Å². The summed E-state index contributed by atoms with van der Waals surface area (Å²) in [4.78, 5) is 4.33. The molecule has 0 bridgehead atoms. The summed E-state index contributed by atoms with van der Waals surface area (Å²) in [6, 6.07) is 16.5. The van der Waals surface area contributed by atoms with Gasteiger partial charge in [0.2, 0.25) is 0 Å². The number of nitrogens with one attached hydrogen (secondary N) is 2. The number of aryl methyl sites for hydroxylation is 1. The SMILES string of the molecule is CN=C(NCc1ccccc1Cn1cccn1)NCc1ccc(C)cc1OC. The molecule has 1 heterocycles. The number of nitrogens with zero attached hydrogens (tertiary/aromatic N) is 3. The number of rotatable bonds is 7. The molecule has 6 heteroatoms. The Hall–Kier alpha value is -3.28. The number of aliphatic imine (C=N–C) groups is 1. The van der Waals surface area contributed by atoms with Gasteiger partial charge in [-0.2, -0.15) is 5.10 Å². The highest BCUT2D eigenvalue weighted by Crippen LogP contribution is 2.19. The van der Waals surface area contributed by atoms with Gasteiger partial charge in [0.25, 0.3) is 0 Å². The van der Waals surface area contributed by atoms with E-state index < -0.39 is 0 Å². The molecule has 0 atom stereocenters. The van der Waals surface area contributed by atoms with Crippen LogP contribution in [0.15, 0.2) is 65.9 Å². The first-order valence-corrected chi connectivity index (χ1v) is 9.32. The van der Waals surface area contributed by atoms with Crippen LogP contribution in [0.2, 0.25) is 0 Å². The van der Waals surface area contributed by atoms with Gasteiger partial charge in [-0.15, -0.1) is 0 Å². The Morgan fingerprint density at radius 1 is 1.04 bits per heavy atom. The first-order valence-electron chi connectivity index (χ1n) is 9.32. The number of methoxy groups -OCH3 is 1. The number of ether oxygens (including phenoxy) is 1. The summed E-state index contributed by atoms with van der Waals surface area (Å²) >= 11 is 0. The van der Waals surface area contributed by atoms with Crippen molar-refractivity contribution in [2.24, 2.45) is 4.99 Å². The van der Waals surface area contributed by atoms with E-state index >= 15 is 0 Å². The molecule has 3 rings (SSSR count). The summed E-state index contributed by atoms with van der Waals surface area (Å²) in [5, 5.41) is 11.0. The molecule has 0 amide bonds. The molecule has 0 aliphatic rings. The van der Waals surface area contributed by atoms with E-state index in [4.69, 9.17) is 4.74 Å². The van der Waals surface area contributed by atoms with Gasteiger partial charge in [0.15, 0.2) is 5.96 Å². The molecule has 0 aliphatic carbocycles. The summed E-state index contributed by atoms with van der Waals surface area (Å²) in [5.74, 6) is 1.63. The van der Waals surface area contributed by atoms with E-state index in [2.05, 4.69) is 64.0 Å². The van der Waals surface area contributed by atoms with Crippen molar-refractivity contribution in [1.82, 2.24) is 20.4 Å². The van der Waals surface area contributed by atoms with Crippen molar-refractivity contribution in [3.8, 4) is 5.75 Å². The standard InChI is InChI=1S/C22H27N5O/c1-17-9-10-19(21(13-17)28-3)15-25-22(23-2)24-14-18-7-4-5-8-20(18)16-27-12-6-11-26-27/h4-13H,14-16H2,1-3H3,(H2,23,24,25). The third kappa shape index (κ3) is 5.13. The highest BCUT2D eigenvalue weighted by atomic mass is 16.5. The Kier molecular flexibility index (Phi) is 6.68. The molecule has 0 unspecified atom stereocenters. The fourth-order valence-electron chi connectivity index (χ4n) is 3.03. The summed E-state index contributed by atoms with van der Waals surface area (Å²) in [6.07, 6.45) is 3.77. The average Bonchev–Trinajstić information content (AvgIpc) is 3.23. The van der Waals surface area contributed by atoms with Crippen LogP contribution in [0, 0.1) is 6.92 Å². The van der Waals surface area contributed by atoms with Crippen molar-refractivity contribution in [2.45, 2.75) is 26.6 Å². The molecule has 0 aliphatic heterocycles. The van der Waals surface area contributed by atoms with Crippen molar-refractivity contribution in [1.29, 1.82) is 0 Å². The summed E-state index contributed by atoms with van der Waals surface area (Å²) < 4.78 is 7.40. The van der Waals surface area contributed by atoms with E-state index in [0.29, 0.717) is 13.1 Å². The topological polar surface area (TPSA) is 63.5 Å². The Morgan fingerprint density at radius 2 is 1.79 bits per heavy atom. The number of guanidine groups is 1. The number of aromatic nitrogens is 2. The van der Waals surface area contributed by atoms with E-state index in [1.807, 2.05) is 23.0 Å². The van der Waals surface area contributed by atoms with Crippen LogP contribution in [0.3, 0.4) is 0 Å². The Balaban J connectivity index is 1.61. The van der Waals surface area contributed by atoms with E-state index in [1.165, 1.54) is 16.7 Å². The summed E-state index contributed by atoms with van der Waals surface area (Å²) in [5.41, 5.74) is 4.72. The largest absolute Gasteiger partial charge is 0.496 e. The van der Waals surface area contributed by atoms with Gasteiger partial charge in [-0.05, 0) is 35.7 Å².